The fourth-order valence-corrected chi connectivity index (χ4v) is 4.71. The van der Waals surface area contributed by atoms with Crippen molar-refractivity contribution >= 4 is 37.3 Å². The lowest BCUT2D eigenvalue weighted by Crippen LogP contribution is -2.35. The van der Waals surface area contributed by atoms with E-state index in [4.69, 9.17) is 0 Å². The van der Waals surface area contributed by atoms with Gasteiger partial charge >= 0.3 is 0 Å². The molecule has 0 spiro atoms. The number of hydrogen-bond donors (Lipinski definition) is 2. The number of nitrogens with zero attached hydrogens (tertiary/aromatic N) is 1. The lowest BCUT2D eigenvalue weighted by Gasteiger charge is -2.22. The van der Waals surface area contributed by atoms with Crippen LogP contribution in [0.4, 0.5) is 5.69 Å². The summed E-state index contributed by atoms with van der Waals surface area (Å²) in [5, 5.41) is 3.24. The number of piperidine rings is 1. The van der Waals surface area contributed by atoms with E-state index < -0.39 is 10.0 Å². The highest BCUT2D eigenvalue weighted by molar-refractivity contribution is 7.92. The average molecular weight is 311 g/mol. The highest BCUT2D eigenvalue weighted by Gasteiger charge is 2.21. The van der Waals surface area contributed by atoms with Gasteiger partial charge in [0.1, 0.15) is 0 Å². The van der Waals surface area contributed by atoms with Crippen LogP contribution in [0.2, 0.25) is 0 Å². The van der Waals surface area contributed by atoms with Crippen molar-refractivity contribution in [3.63, 3.8) is 0 Å². The monoisotopic (exact) mass is 311 g/mol. The van der Waals surface area contributed by atoms with Crippen molar-refractivity contribution < 1.29 is 8.42 Å². The molecular weight excluding hydrogens is 294 g/mol. The molecular formula is C13H17N3O2S2. The van der Waals surface area contributed by atoms with E-state index in [9.17, 15) is 8.42 Å². The normalized spacial score (nSPS) is 20.1. The first-order valence-electron chi connectivity index (χ1n) is 6.67. The molecule has 2 heterocycles. The quantitative estimate of drug-likeness (QED) is 0.906. The van der Waals surface area contributed by atoms with Gasteiger partial charge in [0.05, 0.1) is 27.2 Å². The Hall–Kier alpha value is -1.18. The maximum Gasteiger partial charge on any atom is 0.233 e. The van der Waals surface area contributed by atoms with Crippen molar-refractivity contribution in [2.24, 2.45) is 5.92 Å². The number of fused-ring (bicyclic) bond motifs is 1. The van der Waals surface area contributed by atoms with E-state index in [2.05, 4.69) is 15.0 Å². The standard InChI is InChI=1S/C13H17N3O2S2/c17-20(18,8-10-2-1-5-14-7-10)16-11-3-4-12-13(6-11)19-9-15-12/h3-4,6,9-10,14,16H,1-2,5,7-8H2. The molecule has 1 aromatic heterocycles. The minimum atomic E-state index is -3.29. The molecule has 108 valence electrons. The summed E-state index contributed by atoms with van der Waals surface area (Å²) >= 11 is 1.51. The number of rotatable bonds is 4. The van der Waals surface area contributed by atoms with Gasteiger partial charge in [0.2, 0.25) is 10.0 Å². The Morgan fingerprint density at radius 2 is 2.35 bits per heavy atom. The Balaban J connectivity index is 1.71. The number of aromatic nitrogens is 1. The summed E-state index contributed by atoms with van der Waals surface area (Å²) in [5.41, 5.74) is 3.27. The molecule has 1 aliphatic heterocycles. The fraction of sp³-hybridized carbons (Fsp3) is 0.462. The molecule has 1 saturated heterocycles. The molecule has 1 unspecified atom stereocenters. The first-order valence-corrected chi connectivity index (χ1v) is 9.20. The van der Waals surface area contributed by atoms with E-state index in [1.165, 1.54) is 11.3 Å². The van der Waals surface area contributed by atoms with E-state index in [1.807, 2.05) is 12.1 Å². The summed E-state index contributed by atoms with van der Waals surface area (Å²) in [5.74, 6) is 0.383. The number of sulfonamides is 1. The SMILES string of the molecule is O=S(=O)(CC1CCCNC1)Nc1ccc2ncsc2c1. The van der Waals surface area contributed by atoms with Gasteiger partial charge in [-0.2, -0.15) is 0 Å². The van der Waals surface area contributed by atoms with Crippen LogP contribution in [0.25, 0.3) is 10.2 Å². The van der Waals surface area contributed by atoms with Crippen LogP contribution in [0.1, 0.15) is 12.8 Å². The smallest absolute Gasteiger partial charge is 0.233 e. The maximum absolute atomic E-state index is 12.2. The fourth-order valence-electron chi connectivity index (χ4n) is 2.52. The van der Waals surface area contributed by atoms with E-state index in [-0.39, 0.29) is 11.7 Å². The first kappa shape index (κ1) is 13.8. The largest absolute Gasteiger partial charge is 0.316 e. The zero-order valence-corrected chi connectivity index (χ0v) is 12.6. The predicted octanol–water partition coefficient (Wildman–Crippen LogP) is 2.04. The van der Waals surface area contributed by atoms with Crippen molar-refractivity contribution in [1.82, 2.24) is 10.3 Å². The van der Waals surface area contributed by atoms with Gasteiger partial charge in [-0.15, -0.1) is 11.3 Å². The molecule has 1 fully saturated rings. The average Bonchev–Trinajstić information content (AvgIpc) is 2.86. The molecule has 0 amide bonds. The molecule has 7 heteroatoms. The minimum absolute atomic E-state index is 0.181. The van der Waals surface area contributed by atoms with Gasteiger partial charge < -0.3 is 5.32 Å². The highest BCUT2D eigenvalue weighted by atomic mass is 32.2. The minimum Gasteiger partial charge on any atom is -0.316 e. The second-order valence-corrected chi connectivity index (χ2v) is 7.78. The number of benzene rings is 1. The number of nitrogens with one attached hydrogen (secondary N) is 2. The first-order chi connectivity index (χ1) is 9.62. The summed E-state index contributed by atoms with van der Waals surface area (Å²) in [6, 6.07) is 5.44. The van der Waals surface area contributed by atoms with Crippen LogP contribution in [0.5, 0.6) is 0 Å². The van der Waals surface area contributed by atoms with Crippen LogP contribution in [0.15, 0.2) is 23.7 Å². The number of hydrogen-bond acceptors (Lipinski definition) is 5. The van der Waals surface area contributed by atoms with Crippen LogP contribution in [-0.4, -0.2) is 32.2 Å². The van der Waals surface area contributed by atoms with Crippen molar-refractivity contribution in [1.29, 1.82) is 0 Å². The van der Waals surface area contributed by atoms with Gasteiger partial charge in [0.25, 0.3) is 0 Å². The van der Waals surface area contributed by atoms with Gasteiger partial charge in [-0.25, -0.2) is 13.4 Å². The zero-order chi connectivity index (χ0) is 14.0. The number of thiazole rings is 1. The highest BCUT2D eigenvalue weighted by Crippen LogP contribution is 2.23. The van der Waals surface area contributed by atoms with Crippen LogP contribution in [-0.2, 0) is 10.0 Å². The third kappa shape index (κ3) is 3.28. The van der Waals surface area contributed by atoms with Crippen molar-refractivity contribution in [2.45, 2.75) is 12.8 Å². The molecule has 2 N–H and O–H groups in total. The maximum atomic E-state index is 12.2. The van der Waals surface area contributed by atoms with E-state index in [0.29, 0.717) is 5.69 Å². The van der Waals surface area contributed by atoms with Gasteiger partial charge in [0, 0.05) is 0 Å². The third-order valence-corrected chi connectivity index (χ3v) is 5.71. The lowest BCUT2D eigenvalue weighted by atomic mass is 10.0. The van der Waals surface area contributed by atoms with Crippen molar-refractivity contribution in [3.05, 3.63) is 23.7 Å². The Morgan fingerprint density at radius 3 is 3.15 bits per heavy atom. The molecule has 1 aromatic carbocycles. The molecule has 0 radical (unpaired) electrons. The predicted molar refractivity (Wildman–Crippen MR) is 82.6 cm³/mol. The summed E-state index contributed by atoms with van der Waals surface area (Å²) in [6.07, 6.45) is 2.02. The van der Waals surface area contributed by atoms with Crippen LogP contribution < -0.4 is 10.0 Å². The Kier molecular flexibility index (Phi) is 3.91. The molecule has 1 atom stereocenters. The molecule has 1 aliphatic rings. The second kappa shape index (κ2) is 5.67. The lowest BCUT2D eigenvalue weighted by molar-refractivity contribution is 0.404. The topological polar surface area (TPSA) is 71.1 Å². The molecule has 2 aromatic rings. The van der Waals surface area contributed by atoms with Gasteiger partial charge in [-0.1, -0.05) is 0 Å². The summed E-state index contributed by atoms with van der Waals surface area (Å²) in [4.78, 5) is 4.18. The van der Waals surface area contributed by atoms with Crippen LogP contribution >= 0.6 is 11.3 Å². The molecule has 20 heavy (non-hydrogen) atoms. The molecule has 0 bridgehead atoms. The van der Waals surface area contributed by atoms with Crippen molar-refractivity contribution in [2.75, 3.05) is 23.6 Å². The van der Waals surface area contributed by atoms with Gasteiger partial charge in [0.15, 0.2) is 0 Å². The molecule has 5 nitrogen and oxygen atoms in total. The molecule has 3 rings (SSSR count). The summed E-state index contributed by atoms with van der Waals surface area (Å²) < 4.78 is 28.0. The van der Waals surface area contributed by atoms with Crippen LogP contribution in [0.3, 0.4) is 0 Å². The van der Waals surface area contributed by atoms with Crippen LogP contribution in [0, 0.1) is 5.92 Å². The van der Waals surface area contributed by atoms with E-state index >= 15 is 0 Å². The molecule has 0 saturated carbocycles. The van der Waals surface area contributed by atoms with Crippen molar-refractivity contribution in [3.8, 4) is 0 Å². The van der Waals surface area contributed by atoms with E-state index in [1.54, 1.807) is 11.6 Å². The van der Waals surface area contributed by atoms with Gasteiger partial charge in [-0.3, -0.25) is 4.72 Å². The Labute approximate surface area is 122 Å². The van der Waals surface area contributed by atoms with Gasteiger partial charge in [-0.05, 0) is 50.0 Å². The Bertz CT molecular complexity index is 690. The number of anilines is 1. The Morgan fingerprint density at radius 1 is 1.45 bits per heavy atom. The van der Waals surface area contributed by atoms with E-state index in [0.717, 1.165) is 36.1 Å². The summed E-state index contributed by atoms with van der Waals surface area (Å²) in [7, 11) is -3.29. The summed E-state index contributed by atoms with van der Waals surface area (Å²) in [6.45, 7) is 1.78. The zero-order valence-electron chi connectivity index (χ0n) is 11.0. The second-order valence-electron chi connectivity index (χ2n) is 5.13. The third-order valence-electron chi connectivity index (χ3n) is 3.46. The molecule has 0 aliphatic carbocycles.